The molecule has 3 heterocycles. The normalized spacial score (nSPS) is 15.2. The van der Waals surface area contributed by atoms with Crippen molar-refractivity contribution in [3.05, 3.63) is 77.7 Å². The van der Waals surface area contributed by atoms with Crippen molar-refractivity contribution in [3.63, 3.8) is 0 Å². The maximum atomic E-state index is 4.98. The van der Waals surface area contributed by atoms with Crippen LogP contribution >= 0.6 is 11.3 Å². The number of anilines is 1. The fraction of sp³-hybridized carbons (Fsp3) is 0.217. The van der Waals surface area contributed by atoms with Gasteiger partial charge in [0.05, 0.1) is 10.4 Å². The minimum Gasteiger partial charge on any atom is -0.353 e. The molecule has 0 unspecified atom stereocenters. The van der Waals surface area contributed by atoms with E-state index in [0.29, 0.717) is 0 Å². The van der Waals surface area contributed by atoms with Crippen LogP contribution < -0.4 is 4.90 Å². The molecule has 0 saturated carbocycles. The molecule has 0 spiro atoms. The standard InChI is InChI=1S/C23H22N4S/c1-2-7-18(8-3-1)17-26-12-14-27(15-13-26)23-19-9-4-5-10-20(19)24-22(25-23)21-11-6-16-28-21/h1-11,16H,12-15,17H2. The van der Waals surface area contributed by atoms with Crippen LogP contribution in [0.4, 0.5) is 5.82 Å². The molecule has 1 aliphatic rings. The summed E-state index contributed by atoms with van der Waals surface area (Å²) in [6.45, 7) is 5.07. The first-order valence-corrected chi connectivity index (χ1v) is 10.6. The van der Waals surface area contributed by atoms with Gasteiger partial charge in [-0.15, -0.1) is 11.3 Å². The molecule has 1 aliphatic heterocycles. The lowest BCUT2D eigenvalue weighted by Crippen LogP contribution is -2.46. The van der Waals surface area contributed by atoms with Crippen molar-refractivity contribution in [1.29, 1.82) is 0 Å². The number of benzene rings is 2. The van der Waals surface area contributed by atoms with Crippen molar-refractivity contribution < 1.29 is 0 Å². The Morgan fingerprint density at radius 1 is 0.786 bits per heavy atom. The van der Waals surface area contributed by atoms with Crippen LogP contribution in [-0.4, -0.2) is 41.0 Å². The summed E-state index contributed by atoms with van der Waals surface area (Å²) in [6, 6.07) is 23.2. The van der Waals surface area contributed by atoms with E-state index in [4.69, 9.17) is 9.97 Å². The van der Waals surface area contributed by atoms with E-state index in [1.807, 2.05) is 0 Å². The summed E-state index contributed by atoms with van der Waals surface area (Å²) in [6.07, 6.45) is 0. The summed E-state index contributed by atoms with van der Waals surface area (Å²) in [4.78, 5) is 15.9. The minimum atomic E-state index is 0.829. The highest BCUT2D eigenvalue weighted by atomic mass is 32.1. The van der Waals surface area contributed by atoms with Crippen LogP contribution in [0.1, 0.15) is 5.56 Å². The fourth-order valence-electron chi connectivity index (χ4n) is 3.78. The van der Waals surface area contributed by atoms with Gasteiger partial charge in [0.15, 0.2) is 5.82 Å². The first-order valence-electron chi connectivity index (χ1n) is 9.69. The van der Waals surface area contributed by atoms with E-state index in [1.165, 1.54) is 5.56 Å². The summed E-state index contributed by atoms with van der Waals surface area (Å²) in [5.74, 6) is 1.89. The minimum absolute atomic E-state index is 0.829. The highest BCUT2D eigenvalue weighted by molar-refractivity contribution is 7.13. The molecule has 2 aromatic carbocycles. The Kier molecular flexibility index (Phi) is 4.77. The Morgan fingerprint density at radius 3 is 2.36 bits per heavy atom. The second-order valence-corrected chi connectivity index (χ2v) is 8.06. The molecule has 2 aromatic heterocycles. The van der Waals surface area contributed by atoms with Gasteiger partial charge in [0, 0.05) is 38.1 Å². The maximum Gasteiger partial charge on any atom is 0.172 e. The lowest BCUT2D eigenvalue weighted by atomic mass is 10.2. The topological polar surface area (TPSA) is 32.3 Å². The molecule has 0 bridgehead atoms. The van der Waals surface area contributed by atoms with Gasteiger partial charge in [-0.25, -0.2) is 9.97 Å². The van der Waals surface area contributed by atoms with E-state index in [9.17, 15) is 0 Å². The molecule has 0 radical (unpaired) electrons. The Balaban J connectivity index is 1.40. The largest absolute Gasteiger partial charge is 0.353 e. The van der Waals surface area contributed by atoms with Crippen LogP contribution in [0, 0.1) is 0 Å². The Labute approximate surface area is 169 Å². The van der Waals surface area contributed by atoms with Gasteiger partial charge in [0.1, 0.15) is 5.82 Å². The third-order valence-corrected chi connectivity index (χ3v) is 6.11. The number of aromatic nitrogens is 2. The van der Waals surface area contributed by atoms with E-state index in [0.717, 1.165) is 60.1 Å². The van der Waals surface area contributed by atoms with Crippen molar-refractivity contribution in [2.75, 3.05) is 31.1 Å². The number of para-hydroxylation sites is 1. The highest BCUT2D eigenvalue weighted by Gasteiger charge is 2.21. The van der Waals surface area contributed by atoms with Gasteiger partial charge in [-0.2, -0.15) is 0 Å². The Morgan fingerprint density at radius 2 is 1.57 bits per heavy atom. The molecule has 5 heteroatoms. The van der Waals surface area contributed by atoms with Crippen LogP contribution in [0.2, 0.25) is 0 Å². The molecule has 4 nitrogen and oxygen atoms in total. The molecule has 140 valence electrons. The molecular formula is C23H22N4S. The van der Waals surface area contributed by atoms with Crippen molar-refractivity contribution in [2.45, 2.75) is 6.54 Å². The quantitative estimate of drug-likeness (QED) is 0.510. The lowest BCUT2D eigenvalue weighted by molar-refractivity contribution is 0.249. The van der Waals surface area contributed by atoms with E-state index >= 15 is 0 Å². The predicted molar refractivity (Wildman–Crippen MR) is 117 cm³/mol. The van der Waals surface area contributed by atoms with Crippen molar-refractivity contribution >= 4 is 28.1 Å². The molecule has 4 aromatic rings. The van der Waals surface area contributed by atoms with Crippen molar-refractivity contribution in [1.82, 2.24) is 14.9 Å². The maximum absolute atomic E-state index is 4.98. The Bertz CT molecular complexity index is 1050. The average molecular weight is 387 g/mol. The van der Waals surface area contributed by atoms with Gasteiger partial charge in [-0.1, -0.05) is 48.5 Å². The molecule has 0 aliphatic carbocycles. The number of nitrogens with zero attached hydrogens (tertiary/aromatic N) is 4. The smallest absolute Gasteiger partial charge is 0.172 e. The van der Waals surface area contributed by atoms with E-state index < -0.39 is 0 Å². The molecule has 5 rings (SSSR count). The summed E-state index contributed by atoms with van der Waals surface area (Å²) in [7, 11) is 0. The van der Waals surface area contributed by atoms with E-state index in [1.54, 1.807) is 11.3 Å². The molecule has 1 saturated heterocycles. The summed E-state index contributed by atoms with van der Waals surface area (Å²) < 4.78 is 0. The summed E-state index contributed by atoms with van der Waals surface area (Å²) >= 11 is 1.69. The zero-order chi connectivity index (χ0) is 18.8. The van der Waals surface area contributed by atoms with Crippen LogP contribution in [0.5, 0.6) is 0 Å². The zero-order valence-electron chi connectivity index (χ0n) is 15.7. The second kappa shape index (κ2) is 7.70. The van der Waals surface area contributed by atoms with Crippen molar-refractivity contribution in [2.24, 2.45) is 0 Å². The molecule has 1 fully saturated rings. The third-order valence-electron chi connectivity index (χ3n) is 5.25. The van der Waals surface area contributed by atoms with Crippen LogP contribution in [0.15, 0.2) is 72.1 Å². The first kappa shape index (κ1) is 17.3. The number of hydrogen-bond donors (Lipinski definition) is 0. The second-order valence-electron chi connectivity index (χ2n) is 7.11. The number of rotatable bonds is 4. The fourth-order valence-corrected chi connectivity index (χ4v) is 4.43. The molecular weight excluding hydrogens is 364 g/mol. The molecule has 28 heavy (non-hydrogen) atoms. The van der Waals surface area contributed by atoms with Crippen LogP contribution in [0.25, 0.3) is 21.6 Å². The molecule has 0 N–H and O–H groups in total. The van der Waals surface area contributed by atoms with Crippen molar-refractivity contribution in [3.8, 4) is 10.7 Å². The lowest BCUT2D eigenvalue weighted by Gasteiger charge is -2.36. The van der Waals surface area contributed by atoms with Gasteiger partial charge in [0.25, 0.3) is 0 Å². The van der Waals surface area contributed by atoms with E-state index in [2.05, 4.69) is 81.9 Å². The third kappa shape index (κ3) is 3.51. The molecule has 0 atom stereocenters. The van der Waals surface area contributed by atoms with Gasteiger partial charge in [-0.05, 0) is 29.1 Å². The van der Waals surface area contributed by atoms with Gasteiger partial charge >= 0.3 is 0 Å². The number of fused-ring (bicyclic) bond motifs is 1. The number of hydrogen-bond acceptors (Lipinski definition) is 5. The van der Waals surface area contributed by atoms with Crippen LogP contribution in [-0.2, 0) is 6.54 Å². The van der Waals surface area contributed by atoms with Gasteiger partial charge in [0.2, 0.25) is 0 Å². The summed E-state index contributed by atoms with van der Waals surface area (Å²) in [5, 5.41) is 3.22. The van der Waals surface area contributed by atoms with Crippen LogP contribution in [0.3, 0.4) is 0 Å². The van der Waals surface area contributed by atoms with E-state index in [-0.39, 0.29) is 0 Å². The zero-order valence-corrected chi connectivity index (χ0v) is 16.5. The highest BCUT2D eigenvalue weighted by Crippen LogP contribution is 2.30. The number of thiophene rings is 1. The van der Waals surface area contributed by atoms with Gasteiger partial charge in [-0.3, -0.25) is 4.90 Å². The molecule has 0 amide bonds. The number of piperazine rings is 1. The van der Waals surface area contributed by atoms with Gasteiger partial charge < -0.3 is 4.90 Å². The predicted octanol–water partition coefficient (Wildman–Crippen LogP) is 4.68. The summed E-state index contributed by atoms with van der Waals surface area (Å²) in [5.41, 5.74) is 2.39. The SMILES string of the molecule is c1ccc(CN2CCN(c3nc(-c4cccs4)nc4ccccc34)CC2)cc1. The average Bonchev–Trinajstić information content (AvgIpc) is 3.29. The first-order chi connectivity index (χ1) is 13.9. The monoisotopic (exact) mass is 386 g/mol. The Hall–Kier alpha value is -2.76.